The molecule has 2 fully saturated rings. The summed E-state index contributed by atoms with van der Waals surface area (Å²) in [5, 5.41) is 12.8. The second-order valence-electron chi connectivity index (χ2n) is 20.3. The van der Waals surface area contributed by atoms with Crippen molar-refractivity contribution in [2.75, 3.05) is 39.5 Å². The number of nitrogens with zero attached hydrogens (tertiary/aromatic N) is 3. The van der Waals surface area contributed by atoms with Gasteiger partial charge in [0.2, 0.25) is 5.91 Å². The summed E-state index contributed by atoms with van der Waals surface area (Å²) in [4.78, 5) is 32.3. The van der Waals surface area contributed by atoms with Crippen molar-refractivity contribution in [3.8, 4) is 0 Å². The van der Waals surface area contributed by atoms with Crippen LogP contribution in [0.15, 0.2) is 182 Å². The van der Waals surface area contributed by atoms with Crippen molar-refractivity contribution in [1.29, 1.82) is 0 Å². The Morgan fingerprint density at radius 1 is 0.411 bits per heavy atom. The van der Waals surface area contributed by atoms with Gasteiger partial charge in [-0.25, -0.2) is 0 Å². The zero-order valence-corrected chi connectivity index (χ0v) is 44.0. The SMILES string of the molecule is O=C(C(CCCc1ccccc1)CCCc1ccccc1)N1CCCCN(Cc2ccccc2)C1.O=C(O)C(CCCCc1ccccc1)CCCCc1ccccc1.c1ccc(CN2CCCCNC2)cc1. The molecule has 7 heteroatoms. The minimum atomic E-state index is -0.630. The number of carbonyl (C=O) groups excluding carboxylic acids is 1. The summed E-state index contributed by atoms with van der Waals surface area (Å²) in [5.41, 5.74) is 8.15. The van der Waals surface area contributed by atoms with E-state index in [9.17, 15) is 14.7 Å². The number of hydrogen-bond donors (Lipinski definition) is 2. The molecule has 6 aromatic carbocycles. The van der Waals surface area contributed by atoms with Crippen molar-refractivity contribution < 1.29 is 14.7 Å². The van der Waals surface area contributed by atoms with Crippen LogP contribution in [0.4, 0.5) is 0 Å². The molecular formula is C66H86N4O3. The van der Waals surface area contributed by atoms with Crippen LogP contribution >= 0.6 is 0 Å². The van der Waals surface area contributed by atoms with E-state index >= 15 is 0 Å². The number of hydrogen-bond acceptors (Lipinski definition) is 5. The number of rotatable bonds is 24. The third-order valence-corrected chi connectivity index (χ3v) is 14.4. The van der Waals surface area contributed by atoms with Crippen LogP contribution in [-0.2, 0) is 48.4 Å². The van der Waals surface area contributed by atoms with Crippen molar-refractivity contribution in [3.63, 3.8) is 0 Å². The van der Waals surface area contributed by atoms with Gasteiger partial charge in [-0.1, -0.05) is 195 Å². The highest BCUT2D eigenvalue weighted by Gasteiger charge is 2.27. The lowest BCUT2D eigenvalue weighted by Crippen LogP contribution is -2.42. The van der Waals surface area contributed by atoms with Gasteiger partial charge in [0.05, 0.1) is 12.6 Å². The van der Waals surface area contributed by atoms with E-state index in [-0.39, 0.29) is 11.8 Å². The number of aryl methyl sites for hydroxylation is 4. The van der Waals surface area contributed by atoms with Crippen LogP contribution in [0.25, 0.3) is 0 Å². The second kappa shape index (κ2) is 34.5. The quantitative estimate of drug-likeness (QED) is 0.0589. The maximum Gasteiger partial charge on any atom is 0.306 e. The first-order valence-electron chi connectivity index (χ1n) is 27.9. The number of benzene rings is 6. The van der Waals surface area contributed by atoms with Crippen LogP contribution in [0.3, 0.4) is 0 Å². The minimum Gasteiger partial charge on any atom is -0.481 e. The van der Waals surface area contributed by atoms with Crippen molar-refractivity contribution in [1.82, 2.24) is 20.0 Å². The van der Waals surface area contributed by atoms with Gasteiger partial charge in [0.1, 0.15) is 0 Å². The number of amides is 1. The van der Waals surface area contributed by atoms with Gasteiger partial charge in [-0.2, -0.15) is 0 Å². The van der Waals surface area contributed by atoms with E-state index in [4.69, 9.17) is 0 Å². The first-order chi connectivity index (χ1) is 36.0. The molecule has 2 aliphatic heterocycles. The zero-order chi connectivity index (χ0) is 50.8. The highest BCUT2D eigenvalue weighted by Crippen LogP contribution is 2.23. The van der Waals surface area contributed by atoms with E-state index in [1.165, 1.54) is 59.3 Å². The van der Waals surface area contributed by atoms with Gasteiger partial charge >= 0.3 is 5.97 Å². The molecule has 2 saturated heterocycles. The number of carboxylic acids is 1. The number of carbonyl (C=O) groups is 2. The molecule has 0 aliphatic carbocycles. The van der Waals surface area contributed by atoms with Crippen LogP contribution < -0.4 is 5.32 Å². The first-order valence-corrected chi connectivity index (χ1v) is 27.9. The Balaban J connectivity index is 0.000000197. The van der Waals surface area contributed by atoms with Gasteiger partial charge in [-0.05, 0) is 149 Å². The van der Waals surface area contributed by atoms with Gasteiger partial charge in [0.15, 0.2) is 0 Å². The second-order valence-corrected chi connectivity index (χ2v) is 20.3. The molecule has 1 amide bonds. The molecule has 0 spiro atoms. The van der Waals surface area contributed by atoms with Crippen LogP contribution in [0.2, 0.25) is 0 Å². The molecule has 0 bridgehead atoms. The zero-order valence-electron chi connectivity index (χ0n) is 44.0. The number of aliphatic carboxylic acids is 1. The normalized spacial score (nSPS) is 14.3. The Morgan fingerprint density at radius 2 is 0.767 bits per heavy atom. The van der Waals surface area contributed by atoms with E-state index in [0.29, 0.717) is 5.91 Å². The molecule has 7 nitrogen and oxygen atoms in total. The van der Waals surface area contributed by atoms with Gasteiger partial charge in [0.25, 0.3) is 0 Å². The fourth-order valence-electron chi connectivity index (χ4n) is 10.2. The summed E-state index contributed by atoms with van der Waals surface area (Å²) in [6.07, 6.45) is 18.8. The third-order valence-electron chi connectivity index (χ3n) is 14.4. The Labute approximate surface area is 440 Å². The van der Waals surface area contributed by atoms with E-state index in [1.807, 2.05) is 12.1 Å². The summed E-state index contributed by atoms with van der Waals surface area (Å²) in [5.74, 6) is -0.337. The molecule has 2 aliphatic rings. The average Bonchev–Trinajstić information content (AvgIpc) is 3.85. The Bertz CT molecular complexity index is 2220. The highest BCUT2D eigenvalue weighted by molar-refractivity contribution is 5.78. The molecule has 388 valence electrons. The van der Waals surface area contributed by atoms with Crippen molar-refractivity contribution >= 4 is 11.9 Å². The smallest absolute Gasteiger partial charge is 0.306 e. The highest BCUT2D eigenvalue weighted by atomic mass is 16.4. The summed E-state index contributed by atoms with van der Waals surface area (Å²) in [7, 11) is 0. The standard InChI is InChI=1S/C32H40N2O.C22H28O2.C12H18N2/c35-32(34-25-11-10-24-33(27-34)26-30-18-8-3-9-19-30)31(22-12-20-28-14-4-1-5-15-28)23-13-21-29-16-6-2-7-17-29;23-22(24)21(17-9-7-15-19-11-3-1-4-12-19)18-10-8-16-20-13-5-2-6-14-20;1-2-6-12(7-3-1)10-14-9-5-4-8-13-11-14/h1-9,14-19,31H,10-13,20-27H2;1-6,11-14,21H,7-10,15-18H2,(H,23,24);1-3,6-7,13H,4-5,8-11H2. The Hall–Kier alpha value is -5.86. The third kappa shape index (κ3) is 23.3. The molecule has 2 heterocycles. The lowest BCUT2D eigenvalue weighted by molar-refractivity contribution is -0.142. The van der Waals surface area contributed by atoms with Gasteiger partial charge in [-0.15, -0.1) is 0 Å². The number of carboxylic acid groups (broad SMARTS) is 1. The molecule has 73 heavy (non-hydrogen) atoms. The summed E-state index contributed by atoms with van der Waals surface area (Å²) in [6, 6.07) is 63.5. The van der Waals surface area contributed by atoms with Gasteiger partial charge in [0, 0.05) is 38.8 Å². The molecule has 6 aromatic rings. The lowest BCUT2D eigenvalue weighted by atomic mass is 9.92. The fourth-order valence-corrected chi connectivity index (χ4v) is 10.2. The van der Waals surface area contributed by atoms with Crippen LogP contribution in [0, 0.1) is 11.8 Å². The maximum atomic E-state index is 13.8. The average molecular weight is 983 g/mol. The molecule has 0 radical (unpaired) electrons. The molecule has 8 rings (SSSR count). The summed E-state index contributed by atoms with van der Waals surface area (Å²) in [6.45, 7) is 8.12. The maximum absolute atomic E-state index is 13.8. The van der Waals surface area contributed by atoms with Crippen molar-refractivity contribution in [2.24, 2.45) is 11.8 Å². The monoisotopic (exact) mass is 983 g/mol. The topological polar surface area (TPSA) is 76.1 Å². The predicted molar refractivity (Wildman–Crippen MR) is 303 cm³/mol. The number of unbranched alkanes of at least 4 members (excludes halogenated alkanes) is 2. The van der Waals surface area contributed by atoms with Gasteiger partial charge < -0.3 is 15.3 Å². The van der Waals surface area contributed by atoms with Crippen molar-refractivity contribution in [3.05, 3.63) is 215 Å². The Morgan fingerprint density at radius 3 is 1.21 bits per heavy atom. The molecular weight excluding hydrogens is 897 g/mol. The van der Waals surface area contributed by atoms with E-state index in [0.717, 1.165) is 142 Å². The number of nitrogens with one attached hydrogen (secondary N) is 1. The Kier molecular flexibility index (Phi) is 26.7. The minimum absolute atomic E-state index is 0.110. The fraction of sp³-hybridized carbons (Fsp3) is 0.424. The molecule has 0 aromatic heterocycles. The summed E-state index contributed by atoms with van der Waals surface area (Å²) < 4.78 is 0. The van der Waals surface area contributed by atoms with E-state index in [2.05, 4.69) is 190 Å². The molecule has 2 N–H and O–H groups in total. The molecule has 0 atom stereocenters. The molecule has 0 unspecified atom stereocenters. The first kappa shape index (κ1) is 56.4. The van der Waals surface area contributed by atoms with E-state index < -0.39 is 5.97 Å². The van der Waals surface area contributed by atoms with E-state index in [1.54, 1.807) is 0 Å². The van der Waals surface area contributed by atoms with Gasteiger partial charge in [-0.3, -0.25) is 19.4 Å². The molecule has 0 saturated carbocycles. The van der Waals surface area contributed by atoms with Crippen LogP contribution in [-0.4, -0.2) is 71.2 Å². The summed E-state index contributed by atoms with van der Waals surface area (Å²) >= 11 is 0. The van der Waals surface area contributed by atoms with Crippen molar-refractivity contribution in [2.45, 2.75) is 129 Å². The lowest BCUT2D eigenvalue weighted by Gasteiger charge is -2.30. The van der Waals surface area contributed by atoms with Crippen LogP contribution in [0.5, 0.6) is 0 Å². The van der Waals surface area contributed by atoms with Crippen LogP contribution in [0.1, 0.15) is 123 Å². The largest absolute Gasteiger partial charge is 0.481 e. The predicted octanol–water partition coefficient (Wildman–Crippen LogP) is 14.1.